The van der Waals surface area contributed by atoms with Gasteiger partial charge >= 0.3 is 5.97 Å². The van der Waals surface area contributed by atoms with Crippen LogP contribution in [0, 0.1) is 12.4 Å². The van der Waals surface area contributed by atoms with Crippen LogP contribution in [0.3, 0.4) is 0 Å². The molecule has 10 heteroatoms. The molecule has 0 saturated carbocycles. The Hall–Kier alpha value is -4.33. The Balaban J connectivity index is 1.10. The minimum atomic E-state index is -0.454. The van der Waals surface area contributed by atoms with Gasteiger partial charge < -0.3 is 18.8 Å². The first-order valence-electron chi connectivity index (χ1n) is 14.2. The molecule has 0 N–H and O–H groups in total. The van der Waals surface area contributed by atoms with E-state index in [0.29, 0.717) is 36.0 Å². The second-order valence-corrected chi connectivity index (χ2v) is 10.7. The number of halogens is 1. The lowest BCUT2D eigenvalue weighted by atomic mass is 9.93. The standard InChI is InChI=1S/C32H32FN5O4/c1-34-24-8-6-23(26(33)17-24)20-42-31-5-3-4-27(36-31)21-10-13-37(14-11-21)19-30-35-28-9-7-22(32(39)40-2)16-29(28)38(30)18-25-12-15-41-25/h3-9,16-17,21,25H,10-15,18-20H2,2H3/t25-/m0/s1. The summed E-state index contributed by atoms with van der Waals surface area (Å²) < 4.78 is 32.9. The first kappa shape index (κ1) is 27.8. The molecular weight excluding hydrogens is 537 g/mol. The highest BCUT2D eigenvalue weighted by Crippen LogP contribution is 2.30. The Labute approximate surface area is 243 Å². The van der Waals surface area contributed by atoms with Gasteiger partial charge in [0, 0.05) is 29.8 Å². The lowest BCUT2D eigenvalue weighted by molar-refractivity contribution is -0.0592. The highest BCUT2D eigenvalue weighted by Gasteiger charge is 2.26. The molecule has 0 aliphatic carbocycles. The van der Waals surface area contributed by atoms with Crippen LogP contribution in [-0.2, 0) is 29.2 Å². The van der Waals surface area contributed by atoms with Crippen molar-refractivity contribution in [3.8, 4) is 5.88 Å². The van der Waals surface area contributed by atoms with E-state index in [-0.39, 0.29) is 24.4 Å². The Morgan fingerprint density at radius 3 is 2.67 bits per heavy atom. The number of esters is 1. The van der Waals surface area contributed by atoms with Crippen molar-refractivity contribution in [2.24, 2.45) is 0 Å². The minimum Gasteiger partial charge on any atom is -0.473 e. The summed E-state index contributed by atoms with van der Waals surface area (Å²) in [6.45, 7) is 11.0. The highest BCUT2D eigenvalue weighted by atomic mass is 19.1. The molecular formula is C32H32FN5O4. The summed E-state index contributed by atoms with van der Waals surface area (Å²) in [6.07, 6.45) is 3.06. The van der Waals surface area contributed by atoms with E-state index in [1.54, 1.807) is 24.3 Å². The number of pyridine rings is 1. The Morgan fingerprint density at radius 2 is 1.95 bits per heavy atom. The lowest BCUT2D eigenvalue weighted by Crippen LogP contribution is -2.35. The molecule has 0 radical (unpaired) electrons. The lowest BCUT2D eigenvalue weighted by Gasteiger charge is -2.32. The van der Waals surface area contributed by atoms with E-state index in [2.05, 4.69) is 14.3 Å². The first-order chi connectivity index (χ1) is 20.5. The number of hydrogen-bond donors (Lipinski definition) is 0. The van der Waals surface area contributed by atoms with Gasteiger partial charge in [0.1, 0.15) is 18.2 Å². The van der Waals surface area contributed by atoms with Crippen LogP contribution in [-0.4, -0.2) is 58.3 Å². The number of likely N-dealkylation sites (tertiary alicyclic amines) is 1. The van der Waals surface area contributed by atoms with Crippen LogP contribution in [0.5, 0.6) is 5.88 Å². The fourth-order valence-corrected chi connectivity index (χ4v) is 5.57. The number of nitrogens with zero attached hydrogens (tertiary/aromatic N) is 5. The highest BCUT2D eigenvalue weighted by molar-refractivity contribution is 5.93. The molecule has 6 rings (SSSR count). The molecule has 0 unspecified atom stereocenters. The van der Waals surface area contributed by atoms with Crippen LogP contribution in [0.1, 0.15) is 52.6 Å². The van der Waals surface area contributed by atoms with E-state index in [9.17, 15) is 9.18 Å². The van der Waals surface area contributed by atoms with Crippen LogP contribution >= 0.6 is 0 Å². The van der Waals surface area contributed by atoms with Gasteiger partial charge in [-0.1, -0.05) is 18.2 Å². The zero-order valence-corrected chi connectivity index (χ0v) is 23.5. The van der Waals surface area contributed by atoms with Crippen molar-refractivity contribution in [2.75, 3.05) is 26.8 Å². The van der Waals surface area contributed by atoms with Gasteiger partial charge in [0.05, 0.1) is 49.5 Å². The largest absolute Gasteiger partial charge is 0.473 e. The van der Waals surface area contributed by atoms with Crippen molar-refractivity contribution in [1.29, 1.82) is 0 Å². The summed E-state index contributed by atoms with van der Waals surface area (Å²) in [5.41, 5.74) is 3.91. The number of fused-ring (bicyclic) bond motifs is 1. The fourth-order valence-electron chi connectivity index (χ4n) is 5.57. The van der Waals surface area contributed by atoms with E-state index < -0.39 is 5.82 Å². The topological polar surface area (TPSA) is 83.1 Å². The molecule has 216 valence electrons. The Morgan fingerprint density at radius 1 is 1.12 bits per heavy atom. The maximum absolute atomic E-state index is 14.3. The molecule has 2 fully saturated rings. The average Bonchev–Trinajstić information content (AvgIpc) is 3.34. The number of ether oxygens (including phenoxy) is 3. The quantitative estimate of drug-likeness (QED) is 0.190. The molecule has 9 nitrogen and oxygen atoms in total. The van der Waals surface area contributed by atoms with Crippen LogP contribution < -0.4 is 4.74 Å². The van der Waals surface area contributed by atoms with Gasteiger partial charge in [-0.05, 0) is 62.7 Å². The summed E-state index contributed by atoms with van der Waals surface area (Å²) in [5, 5.41) is 0. The van der Waals surface area contributed by atoms with Gasteiger partial charge in [-0.25, -0.2) is 24.0 Å². The number of piperidine rings is 1. The molecule has 2 aromatic heterocycles. The zero-order valence-electron chi connectivity index (χ0n) is 23.5. The molecule has 0 spiro atoms. The third kappa shape index (κ3) is 5.98. The van der Waals surface area contributed by atoms with Gasteiger partial charge in [-0.15, -0.1) is 0 Å². The molecule has 2 saturated heterocycles. The van der Waals surface area contributed by atoms with Gasteiger partial charge in [-0.3, -0.25) is 4.90 Å². The van der Waals surface area contributed by atoms with E-state index in [1.165, 1.54) is 13.2 Å². The normalized spacial score (nSPS) is 17.5. The van der Waals surface area contributed by atoms with Crippen LogP contribution in [0.15, 0.2) is 54.6 Å². The smallest absolute Gasteiger partial charge is 0.337 e. The molecule has 42 heavy (non-hydrogen) atoms. The van der Waals surface area contributed by atoms with Gasteiger partial charge in [0.25, 0.3) is 0 Å². The molecule has 2 aliphatic rings. The van der Waals surface area contributed by atoms with Crippen molar-refractivity contribution in [3.05, 3.63) is 94.5 Å². The predicted octanol–water partition coefficient (Wildman–Crippen LogP) is 5.66. The van der Waals surface area contributed by atoms with Gasteiger partial charge in [0.15, 0.2) is 5.69 Å². The summed E-state index contributed by atoms with van der Waals surface area (Å²) in [7, 11) is 1.39. The summed E-state index contributed by atoms with van der Waals surface area (Å²) in [6, 6.07) is 15.6. The molecule has 2 aromatic carbocycles. The third-order valence-corrected chi connectivity index (χ3v) is 8.09. The second kappa shape index (κ2) is 12.3. The van der Waals surface area contributed by atoms with Crippen molar-refractivity contribution in [3.63, 3.8) is 0 Å². The monoisotopic (exact) mass is 569 g/mol. The number of rotatable bonds is 9. The van der Waals surface area contributed by atoms with E-state index in [4.69, 9.17) is 30.8 Å². The molecule has 4 aromatic rings. The predicted molar refractivity (Wildman–Crippen MR) is 154 cm³/mol. The summed E-state index contributed by atoms with van der Waals surface area (Å²) in [4.78, 5) is 27.5. The second-order valence-electron chi connectivity index (χ2n) is 10.7. The van der Waals surface area contributed by atoms with Crippen molar-refractivity contribution < 1.29 is 23.4 Å². The summed E-state index contributed by atoms with van der Waals surface area (Å²) in [5.74, 6) is 0.903. The molecule has 1 atom stereocenters. The first-order valence-corrected chi connectivity index (χ1v) is 14.2. The van der Waals surface area contributed by atoms with E-state index in [0.717, 1.165) is 61.5 Å². The van der Waals surface area contributed by atoms with Crippen molar-refractivity contribution >= 4 is 22.7 Å². The number of aromatic nitrogens is 3. The fraction of sp³-hybridized carbons (Fsp3) is 0.375. The van der Waals surface area contributed by atoms with E-state index >= 15 is 0 Å². The number of methoxy groups -OCH3 is 1. The molecule has 4 heterocycles. The summed E-state index contributed by atoms with van der Waals surface area (Å²) >= 11 is 0. The van der Waals surface area contributed by atoms with E-state index in [1.807, 2.05) is 24.3 Å². The number of hydrogen-bond acceptors (Lipinski definition) is 7. The van der Waals surface area contributed by atoms with Crippen LogP contribution in [0.2, 0.25) is 0 Å². The number of imidazole rings is 1. The number of carbonyl (C=O) groups is 1. The number of carbonyl (C=O) groups excluding carboxylic acids is 1. The average molecular weight is 570 g/mol. The SMILES string of the molecule is [C-]#[N+]c1ccc(COc2cccc(C3CCN(Cc4nc5ccc(C(=O)OC)cc5n4C[C@@H]4CCO4)CC3)n2)c(F)c1. The van der Waals surface area contributed by atoms with Crippen LogP contribution in [0.25, 0.3) is 15.9 Å². The Bertz CT molecular complexity index is 1640. The van der Waals surface area contributed by atoms with Crippen molar-refractivity contribution in [1.82, 2.24) is 19.4 Å². The van der Waals surface area contributed by atoms with Gasteiger partial charge in [0.2, 0.25) is 5.88 Å². The third-order valence-electron chi connectivity index (χ3n) is 8.09. The molecule has 0 bridgehead atoms. The van der Waals surface area contributed by atoms with Gasteiger partial charge in [-0.2, -0.15) is 0 Å². The Kier molecular flexibility index (Phi) is 8.13. The minimum absolute atomic E-state index is 0.0486. The molecule has 2 aliphatic heterocycles. The maximum Gasteiger partial charge on any atom is 0.337 e. The van der Waals surface area contributed by atoms with Crippen LogP contribution in [0.4, 0.5) is 10.1 Å². The zero-order chi connectivity index (χ0) is 29.1. The number of benzene rings is 2. The van der Waals surface area contributed by atoms with Crippen molar-refractivity contribution in [2.45, 2.75) is 51.0 Å². The maximum atomic E-state index is 14.3. The molecule has 0 amide bonds.